The Morgan fingerprint density at radius 1 is 1.70 bits per heavy atom. The molecule has 0 aromatic carbocycles. The average molecular weight is 145 g/mol. The number of aliphatic hydroxyl groups excluding tert-OH is 2. The summed E-state index contributed by atoms with van der Waals surface area (Å²) in [6.45, 7) is 5.23. The van der Waals surface area contributed by atoms with Gasteiger partial charge in [-0.05, 0) is 18.9 Å². The lowest BCUT2D eigenvalue weighted by Gasteiger charge is -2.15. The molecule has 0 aromatic heterocycles. The number of hydrogen-bond donors (Lipinski definition) is 3. The molecule has 4 N–H and O–H groups in total. The lowest BCUT2D eigenvalue weighted by Crippen LogP contribution is -2.28. The summed E-state index contributed by atoms with van der Waals surface area (Å²) in [5.41, 5.74) is 6.09. The van der Waals surface area contributed by atoms with E-state index in [0.29, 0.717) is 12.0 Å². The molecule has 0 aliphatic heterocycles. The van der Waals surface area contributed by atoms with Crippen LogP contribution in [0.3, 0.4) is 0 Å². The van der Waals surface area contributed by atoms with Crippen LogP contribution in [0.2, 0.25) is 0 Å². The van der Waals surface area contributed by atoms with E-state index in [-0.39, 0.29) is 12.6 Å². The molecule has 0 amide bonds. The summed E-state index contributed by atoms with van der Waals surface area (Å²) in [5, 5.41) is 17.4. The number of hydrogen-bond acceptors (Lipinski definition) is 3. The second-order valence-electron chi connectivity index (χ2n) is 2.37. The molecule has 0 saturated carbocycles. The first kappa shape index (κ1) is 9.62. The Morgan fingerprint density at radius 3 is 2.50 bits per heavy atom. The van der Waals surface area contributed by atoms with Gasteiger partial charge in [0, 0.05) is 12.6 Å². The van der Waals surface area contributed by atoms with Crippen molar-refractivity contribution >= 4 is 0 Å². The van der Waals surface area contributed by atoms with Crippen LogP contribution in [0, 0.1) is 0 Å². The Morgan fingerprint density at radius 2 is 2.20 bits per heavy atom. The van der Waals surface area contributed by atoms with Crippen LogP contribution >= 0.6 is 0 Å². The summed E-state index contributed by atoms with van der Waals surface area (Å²) in [7, 11) is 0. The first-order chi connectivity index (χ1) is 4.59. The Balaban J connectivity index is 3.71. The molecular formula is C7H15NO2. The Bertz CT molecular complexity index is 112. The van der Waals surface area contributed by atoms with Gasteiger partial charge in [0.15, 0.2) is 0 Å². The average Bonchev–Trinajstić information content (AvgIpc) is 1.87. The highest BCUT2D eigenvalue weighted by atomic mass is 16.3. The summed E-state index contributed by atoms with van der Waals surface area (Å²) in [4.78, 5) is 0. The normalized spacial score (nSPS) is 16.4. The third kappa shape index (κ3) is 2.96. The Hall–Kier alpha value is -0.380. The van der Waals surface area contributed by atoms with Crippen LogP contribution in [0.25, 0.3) is 0 Å². The van der Waals surface area contributed by atoms with Crippen LogP contribution in [-0.2, 0) is 0 Å². The van der Waals surface area contributed by atoms with E-state index >= 15 is 0 Å². The minimum atomic E-state index is -0.582. The van der Waals surface area contributed by atoms with Crippen molar-refractivity contribution in [2.24, 2.45) is 5.73 Å². The fourth-order valence-corrected chi connectivity index (χ4v) is 0.634. The maximum Gasteiger partial charge on any atom is 0.0734 e. The van der Waals surface area contributed by atoms with Gasteiger partial charge in [0.25, 0.3) is 0 Å². The van der Waals surface area contributed by atoms with E-state index in [1.807, 2.05) is 0 Å². The standard InChI is InChI=1S/C7H15NO2/c1-5(6(2)10)7(8)3-4-9/h6-7,9-10H,1,3-4,8H2,2H3/t6-,7+/m1/s1. The first-order valence-electron chi connectivity index (χ1n) is 3.32. The predicted octanol–water partition coefficient (Wildman–Crippen LogP) is -0.367. The summed E-state index contributed by atoms with van der Waals surface area (Å²) >= 11 is 0. The van der Waals surface area contributed by atoms with Crippen molar-refractivity contribution in [2.45, 2.75) is 25.5 Å². The first-order valence-corrected chi connectivity index (χ1v) is 3.32. The van der Waals surface area contributed by atoms with Crippen LogP contribution in [0.5, 0.6) is 0 Å². The maximum absolute atomic E-state index is 8.96. The number of nitrogens with two attached hydrogens (primary N) is 1. The fraction of sp³-hybridized carbons (Fsp3) is 0.714. The number of aliphatic hydroxyl groups is 2. The summed E-state index contributed by atoms with van der Waals surface area (Å²) in [6, 6.07) is -0.287. The van der Waals surface area contributed by atoms with E-state index in [2.05, 4.69) is 6.58 Å². The topological polar surface area (TPSA) is 66.5 Å². The van der Waals surface area contributed by atoms with Gasteiger partial charge in [-0.1, -0.05) is 6.58 Å². The highest BCUT2D eigenvalue weighted by molar-refractivity contribution is 5.08. The molecule has 0 aromatic rings. The molecule has 0 fully saturated rings. The van der Waals surface area contributed by atoms with E-state index < -0.39 is 6.10 Å². The predicted molar refractivity (Wildman–Crippen MR) is 40.5 cm³/mol. The smallest absolute Gasteiger partial charge is 0.0734 e. The molecule has 10 heavy (non-hydrogen) atoms. The third-order valence-corrected chi connectivity index (χ3v) is 1.45. The van der Waals surface area contributed by atoms with Crippen molar-refractivity contribution in [1.82, 2.24) is 0 Å². The molecule has 3 heteroatoms. The largest absolute Gasteiger partial charge is 0.396 e. The van der Waals surface area contributed by atoms with Gasteiger partial charge in [0.05, 0.1) is 6.10 Å². The SMILES string of the molecule is C=C([C@@H](C)O)[C@@H](N)CCO. The molecule has 0 aliphatic carbocycles. The minimum Gasteiger partial charge on any atom is -0.396 e. The van der Waals surface area contributed by atoms with E-state index in [0.717, 1.165) is 0 Å². The number of rotatable bonds is 4. The van der Waals surface area contributed by atoms with E-state index in [4.69, 9.17) is 15.9 Å². The maximum atomic E-state index is 8.96. The Kier molecular flexibility index (Phi) is 4.27. The van der Waals surface area contributed by atoms with Crippen LogP contribution in [-0.4, -0.2) is 29.0 Å². The van der Waals surface area contributed by atoms with Crippen molar-refractivity contribution < 1.29 is 10.2 Å². The molecule has 3 nitrogen and oxygen atoms in total. The molecule has 0 bridgehead atoms. The van der Waals surface area contributed by atoms with Crippen molar-refractivity contribution in [2.75, 3.05) is 6.61 Å². The second-order valence-corrected chi connectivity index (χ2v) is 2.37. The molecule has 0 unspecified atom stereocenters. The highest BCUT2D eigenvalue weighted by Crippen LogP contribution is 2.05. The summed E-state index contributed by atoms with van der Waals surface area (Å²) < 4.78 is 0. The summed E-state index contributed by atoms with van der Waals surface area (Å²) in [5.74, 6) is 0. The minimum absolute atomic E-state index is 0.0346. The zero-order valence-electron chi connectivity index (χ0n) is 6.25. The zero-order valence-corrected chi connectivity index (χ0v) is 6.25. The summed E-state index contributed by atoms with van der Waals surface area (Å²) in [6.07, 6.45) is -0.120. The monoisotopic (exact) mass is 145 g/mol. The molecule has 2 atom stereocenters. The third-order valence-electron chi connectivity index (χ3n) is 1.45. The van der Waals surface area contributed by atoms with Crippen LogP contribution in [0.4, 0.5) is 0 Å². The van der Waals surface area contributed by atoms with Crippen molar-refractivity contribution in [1.29, 1.82) is 0 Å². The van der Waals surface area contributed by atoms with Crippen molar-refractivity contribution in [3.05, 3.63) is 12.2 Å². The second kappa shape index (κ2) is 4.44. The van der Waals surface area contributed by atoms with Gasteiger partial charge in [0.1, 0.15) is 0 Å². The van der Waals surface area contributed by atoms with Crippen LogP contribution in [0.15, 0.2) is 12.2 Å². The van der Waals surface area contributed by atoms with Gasteiger partial charge in [-0.3, -0.25) is 0 Å². The quantitative estimate of drug-likeness (QED) is 0.473. The lowest BCUT2D eigenvalue weighted by atomic mass is 10.0. The van der Waals surface area contributed by atoms with E-state index in [9.17, 15) is 0 Å². The molecule has 0 heterocycles. The molecule has 60 valence electrons. The molecular weight excluding hydrogens is 130 g/mol. The van der Waals surface area contributed by atoms with Gasteiger partial charge in [-0.2, -0.15) is 0 Å². The van der Waals surface area contributed by atoms with Crippen molar-refractivity contribution in [3.8, 4) is 0 Å². The van der Waals surface area contributed by atoms with Crippen molar-refractivity contribution in [3.63, 3.8) is 0 Å². The van der Waals surface area contributed by atoms with Crippen LogP contribution < -0.4 is 5.73 Å². The van der Waals surface area contributed by atoms with Gasteiger partial charge < -0.3 is 15.9 Å². The van der Waals surface area contributed by atoms with E-state index in [1.54, 1.807) is 6.92 Å². The lowest BCUT2D eigenvalue weighted by molar-refractivity contribution is 0.216. The molecule has 0 radical (unpaired) electrons. The van der Waals surface area contributed by atoms with Gasteiger partial charge in [-0.25, -0.2) is 0 Å². The molecule has 0 rings (SSSR count). The zero-order chi connectivity index (χ0) is 8.15. The van der Waals surface area contributed by atoms with Gasteiger partial charge >= 0.3 is 0 Å². The van der Waals surface area contributed by atoms with Gasteiger partial charge in [0.2, 0.25) is 0 Å². The fourth-order valence-electron chi connectivity index (χ4n) is 0.634. The van der Waals surface area contributed by atoms with Crippen LogP contribution in [0.1, 0.15) is 13.3 Å². The molecule has 0 saturated heterocycles. The van der Waals surface area contributed by atoms with E-state index in [1.165, 1.54) is 0 Å². The molecule has 0 spiro atoms. The highest BCUT2D eigenvalue weighted by Gasteiger charge is 2.10. The molecule has 0 aliphatic rings. The van der Waals surface area contributed by atoms with Gasteiger partial charge in [-0.15, -0.1) is 0 Å². The Labute approximate surface area is 61.2 Å².